The predicted molar refractivity (Wildman–Crippen MR) is 108 cm³/mol. The Kier molecular flexibility index (Phi) is 6.79. The number of amides is 1. The first-order valence-corrected chi connectivity index (χ1v) is 10.9. The number of sulfonamides is 1. The predicted octanol–water partition coefficient (Wildman–Crippen LogP) is 2.40. The van der Waals surface area contributed by atoms with Gasteiger partial charge in [0.1, 0.15) is 6.54 Å². The first-order valence-electron chi connectivity index (χ1n) is 8.71. The second-order valence-corrected chi connectivity index (χ2v) is 8.98. The molecule has 0 aliphatic carbocycles. The van der Waals surface area contributed by atoms with Crippen LogP contribution in [0.15, 0.2) is 47.4 Å². The molecule has 0 saturated heterocycles. The Hall–Kier alpha value is -2.13. The molecule has 7 nitrogen and oxygen atoms in total. The van der Waals surface area contributed by atoms with Crippen molar-refractivity contribution in [3.63, 3.8) is 0 Å². The van der Waals surface area contributed by atoms with Crippen LogP contribution in [0.25, 0.3) is 0 Å². The van der Waals surface area contributed by atoms with Gasteiger partial charge in [0.25, 0.3) is 5.91 Å². The molecule has 10 heteroatoms. The molecule has 1 amide bonds. The summed E-state index contributed by atoms with van der Waals surface area (Å²) in [6, 6.07) is 11.6. The summed E-state index contributed by atoms with van der Waals surface area (Å²) in [6.07, 6.45) is 0.735. The standard InChI is InChI=1S/C19H18Cl2N2O5S/c20-16-6-5-15(9-17(16)21)29(26,27)22-10-19(25)28-12-18(24)23-8-7-13-3-1-2-4-14(13)11-23/h1-6,9,22H,7-8,10-12H2. The number of hydrogen-bond donors (Lipinski definition) is 1. The van der Waals surface area contributed by atoms with Gasteiger partial charge in [0.2, 0.25) is 10.0 Å². The quantitative estimate of drug-likeness (QED) is 0.673. The molecule has 3 rings (SSSR count). The lowest BCUT2D eigenvalue weighted by molar-refractivity contribution is -0.151. The maximum absolute atomic E-state index is 12.3. The Morgan fingerprint density at radius 1 is 1.07 bits per heavy atom. The van der Waals surface area contributed by atoms with Crippen molar-refractivity contribution in [1.29, 1.82) is 0 Å². The van der Waals surface area contributed by atoms with Crippen LogP contribution in [-0.2, 0) is 37.3 Å². The molecular formula is C19H18Cl2N2O5S. The molecule has 0 bridgehead atoms. The number of nitrogens with one attached hydrogen (secondary N) is 1. The maximum atomic E-state index is 12.3. The highest BCUT2D eigenvalue weighted by Gasteiger charge is 2.22. The van der Waals surface area contributed by atoms with Gasteiger partial charge in [-0.2, -0.15) is 4.72 Å². The molecule has 1 aliphatic heterocycles. The van der Waals surface area contributed by atoms with Crippen molar-refractivity contribution in [2.24, 2.45) is 0 Å². The number of halogens is 2. The Morgan fingerprint density at radius 2 is 1.79 bits per heavy atom. The molecule has 154 valence electrons. The number of esters is 1. The van der Waals surface area contributed by atoms with Gasteiger partial charge < -0.3 is 9.64 Å². The average molecular weight is 457 g/mol. The Balaban J connectivity index is 1.48. The lowest BCUT2D eigenvalue weighted by Crippen LogP contribution is -2.39. The Labute approximate surface area is 178 Å². The zero-order valence-corrected chi connectivity index (χ0v) is 17.6. The van der Waals surface area contributed by atoms with Gasteiger partial charge in [-0.1, -0.05) is 47.5 Å². The fourth-order valence-corrected chi connectivity index (χ4v) is 4.23. The van der Waals surface area contributed by atoms with E-state index in [2.05, 4.69) is 4.72 Å². The van der Waals surface area contributed by atoms with Crippen molar-refractivity contribution in [3.05, 3.63) is 63.6 Å². The van der Waals surface area contributed by atoms with Gasteiger partial charge in [0, 0.05) is 13.1 Å². The average Bonchev–Trinajstić information content (AvgIpc) is 2.72. The van der Waals surface area contributed by atoms with E-state index >= 15 is 0 Å². The minimum atomic E-state index is -3.98. The third kappa shape index (κ3) is 5.48. The Bertz CT molecular complexity index is 1040. The summed E-state index contributed by atoms with van der Waals surface area (Å²) in [6.45, 7) is -0.0674. The molecule has 0 radical (unpaired) electrons. The molecular weight excluding hydrogens is 439 g/mol. The van der Waals surface area contributed by atoms with Crippen LogP contribution in [0.4, 0.5) is 0 Å². The fraction of sp³-hybridized carbons (Fsp3) is 0.263. The minimum Gasteiger partial charge on any atom is -0.455 e. The highest BCUT2D eigenvalue weighted by Crippen LogP contribution is 2.24. The number of rotatable bonds is 6. The topological polar surface area (TPSA) is 92.8 Å². The van der Waals surface area contributed by atoms with E-state index in [1.54, 1.807) is 4.90 Å². The van der Waals surface area contributed by atoms with E-state index < -0.39 is 29.1 Å². The first-order chi connectivity index (χ1) is 13.8. The van der Waals surface area contributed by atoms with Crippen LogP contribution in [-0.4, -0.2) is 44.9 Å². The molecule has 1 aliphatic rings. The summed E-state index contributed by atoms with van der Waals surface area (Å²) in [5.74, 6) is -1.19. The van der Waals surface area contributed by atoms with Crippen LogP contribution in [0, 0.1) is 0 Å². The lowest BCUT2D eigenvalue weighted by Gasteiger charge is -2.28. The summed E-state index contributed by atoms with van der Waals surface area (Å²) in [7, 11) is -3.98. The van der Waals surface area contributed by atoms with Crippen LogP contribution in [0.1, 0.15) is 11.1 Å². The summed E-state index contributed by atoms with van der Waals surface area (Å²) < 4.78 is 31.4. The monoisotopic (exact) mass is 456 g/mol. The number of carbonyl (C=O) groups is 2. The second-order valence-electron chi connectivity index (χ2n) is 6.40. The zero-order valence-electron chi connectivity index (χ0n) is 15.2. The van der Waals surface area contributed by atoms with Crippen LogP contribution in [0.2, 0.25) is 10.0 Å². The van der Waals surface area contributed by atoms with Gasteiger partial charge in [0.15, 0.2) is 6.61 Å². The zero-order chi connectivity index (χ0) is 21.0. The van der Waals surface area contributed by atoms with Crippen molar-refractivity contribution < 1.29 is 22.7 Å². The number of benzene rings is 2. The number of nitrogens with zero attached hydrogens (tertiary/aromatic N) is 1. The van der Waals surface area contributed by atoms with Crippen LogP contribution in [0.3, 0.4) is 0 Å². The molecule has 1 N–H and O–H groups in total. The SMILES string of the molecule is O=C(CNS(=O)(=O)c1ccc(Cl)c(Cl)c1)OCC(=O)N1CCc2ccccc2C1. The highest BCUT2D eigenvalue weighted by molar-refractivity contribution is 7.89. The molecule has 0 atom stereocenters. The van der Waals surface area contributed by atoms with Crippen LogP contribution >= 0.6 is 23.2 Å². The fourth-order valence-electron chi connectivity index (χ4n) is 2.87. The molecule has 0 spiro atoms. The highest BCUT2D eigenvalue weighted by atomic mass is 35.5. The normalized spacial score (nSPS) is 13.7. The Morgan fingerprint density at radius 3 is 2.52 bits per heavy atom. The van der Waals surface area contributed by atoms with Gasteiger partial charge in [-0.3, -0.25) is 9.59 Å². The van der Waals surface area contributed by atoms with Crippen LogP contribution < -0.4 is 4.72 Å². The molecule has 29 heavy (non-hydrogen) atoms. The van der Waals surface area contributed by atoms with E-state index in [-0.39, 0.29) is 20.8 Å². The van der Waals surface area contributed by atoms with E-state index in [0.717, 1.165) is 12.0 Å². The third-order valence-electron chi connectivity index (χ3n) is 4.45. The molecule has 0 saturated carbocycles. The van der Waals surface area contributed by atoms with E-state index in [4.69, 9.17) is 27.9 Å². The molecule has 0 unspecified atom stereocenters. The molecule has 1 heterocycles. The van der Waals surface area contributed by atoms with E-state index in [0.29, 0.717) is 13.1 Å². The smallest absolute Gasteiger partial charge is 0.321 e. The summed E-state index contributed by atoms with van der Waals surface area (Å²) in [5.41, 5.74) is 2.26. The van der Waals surface area contributed by atoms with Gasteiger partial charge in [-0.05, 0) is 35.7 Å². The van der Waals surface area contributed by atoms with Gasteiger partial charge >= 0.3 is 5.97 Å². The van der Waals surface area contributed by atoms with Crippen molar-refractivity contribution in [2.75, 3.05) is 19.7 Å². The van der Waals surface area contributed by atoms with Gasteiger partial charge in [0.05, 0.1) is 14.9 Å². The van der Waals surface area contributed by atoms with Crippen molar-refractivity contribution in [1.82, 2.24) is 9.62 Å². The van der Waals surface area contributed by atoms with Crippen molar-refractivity contribution >= 4 is 45.1 Å². The van der Waals surface area contributed by atoms with Gasteiger partial charge in [-0.15, -0.1) is 0 Å². The molecule has 2 aromatic carbocycles. The number of carbonyl (C=O) groups excluding carboxylic acids is 2. The molecule has 2 aromatic rings. The number of hydrogen-bond acceptors (Lipinski definition) is 5. The third-order valence-corrected chi connectivity index (χ3v) is 6.59. The van der Waals surface area contributed by atoms with E-state index in [9.17, 15) is 18.0 Å². The summed E-state index contributed by atoms with van der Waals surface area (Å²) in [5, 5.41) is 0.287. The van der Waals surface area contributed by atoms with Crippen LogP contribution in [0.5, 0.6) is 0 Å². The van der Waals surface area contributed by atoms with Crippen molar-refractivity contribution in [3.8, 4) is 0 Å². The molecule has 0 aromatic heterocycles. The van der Waals surface area contributed by atoms with Crippen molar-refractivity contribution in [2.45, 2.75) is 17.9 Å². The number of fused-ring (bicyclic) bond motifs is 1. The molecule has 0 fully saturated rings. The second kappa shape index (κ2) is 9.13. The maximum Gasteiger partial charge on any atom is 0.321 e. The minimum absolute atomic E-state index is 0.0748. The largest absolute Gasteiger partial charge is 0.455 e. The first kappa shape index (κ1) is 21.6. The van der Waals surface area contributed by atoms with Gasteiger partial charge in [-0.25, -0.2) is 8.42 Å². The summed E-state index contributed by atoms with van der Waals surface area (Å²) >= 11 is 11.6. The number of ether oxygens (including phenoxy) is 1. The summed E-state index contributed by atoms with van der Waals surface area (Å²) in [4.78, 5) is 25.6. The lowest BCUT2D eigenvalue weighted by atomic mass is 10.00. The van der Waals surface area contributed by atoms with E-state index in [1.165, 1.54) is 23.8 Å². The van der Waals surface area contributed by atoms with E-state index in [1.807, 2.05) is 24.3 Å².